The Morgan fingerprint density at radius 2 is 1.89 bits per heavy atom. The lowest BCUT2D eigenvalue weighted by molar-refractivity contribution is -0.384. The monoisotopic (exact) mass is 388 g/mol. The van der Waals surface area contributed by atoms with Gasteiger partial charge in [-0.2, -0.15) is 0 Å². The Morgan fingerprint density at radius 3 is 2.33 bits per heavy atom. The predicted octanol–water partition coefficient (Wildman–Crippen LogP) is -2.75. The zero-order valence-electron chi connectivity index (χ0n) is 13.8. The molecule has 8 N–H and O–H groups in total. The molecule has 1 heterocycles. The molecule has 150 valence electrons. The van der Waals surface area contributed by atoms with Crippen molar-refractivity contribution in [3.8, 4) is 0 Å². The number of carbonyl (C=O) groups is 1. The average Bonchev–Trinajstić information content (AvgIpc) is 2.63. The van der Waals surface area contributed by atoms with Crippen LogP contribution in [0.3, 0.4) is 0 Å². The van der Waals surface area contributed by atoms with Crippen molar-refractivity contribution in [2.45, 2.75) is 42.2 Å². The molecular weight excluding hydrogens is 368 g/mol. The minimum absolute atomic E-state index is 0.0101. The summed E-state index contributed by atoms with van der Waals surface area (Å²) in [5.41, 5.74) is 5.49. The second-order valence-corrected chi connectivity index (χ2v) is 6.22. The second-order valence-electron chi connectivity index (χ2n) is 6.22. The molecule has 1 aliphatic heterocycles. The van der Waals surface area contributed by atoms with Gasteiger partial charge in [0.25, 0.3) is 11.5 Å². The van der Waals surface area contributed by atoms with Crippen LogP contribution in [-0.2, 0) is 9.53 Å². The highest BCUT2D eigenvalue weighted by molar-refractivity contribution is 5.77. The molecule has 1 aromatic rings. The Bertz CT molecular complexity index is 698. The normalized spacial score (nSPS) is 33.3. The molecule has 1 saturated heterocycles. The highest BCUT2D eigenvalue weighted by Gasteiger charge is 2.59. The van der Waals surface area contributed by atoms with Gasteiger partial charge in [-0.3, -0.25) is 10.1 Å². The summed E-state index contributed by atoms with van der Waals surface area (Å²) < 4.78 is 5.06. The van der Waals surface area contributed by atoms with Crippen molar-refractivity contribution < 1.29 is 45.1 Å². The maximum Gasteiger partial charge on any atom is 0.365 e. The van der Waals surface area contributed by atoms with Crippen molar-refractivity contribution in [1.82, 2.24) is 0 Å². The third kappa shape index (κ3) is 3.77. The first-order chi connectivity index (χ1) is 12.5. The van der Waals surface area contributed by atoms with E-state index in [4.69, 9.17) is 15.6 Å². The Balaban J connectivity index is 2.45. The Morgan fingerprint density at radius 1 is 1.33 bits per heavy atom. The average molecular weight is 388 g/mol. The number of hydrogen-bond acceptors (Lipinski definition) is 10. The fourth-order valence-electron chi connectivity index (χ4n) is 3.04. The molecule has 2 unspecified atom stereocenters. The number of nitro benzene ring substituents is 1. The number of nitro groups is 1. The molecule has 27 heavy (non-hydrogen) atoms. The van der Waals surface area contributed by atoms with Crippen LogP contribution in [-0.4, -0.2) is 84.4 Å². The molecular formula is C15H20N2O10. The standard InChI is InChI=1S/C15H20N2O10/c16-10-12(21)9(6-1-3-7(4-2-6)17(25)26)15(24,14(22)23)27-13(10)11(20)8(19)5-18/h1-4,8-13,18-21,24H,5,16H2,(H,22,23)/t8-,9?,10-,11-,12+,13-,15?/m1/s1. The van der Waals surface area contributed by atoms with Crippen LogP contribution in [0.15, 0.2) is 24.3 Å². The molecule has 2 rings (SSSR count). The van der Waals surface area contributed by atoms with Crippen LogP contribution in [0, 0.1) is 10.1 Å². The molecule has 0 bridgehead atoms. The fourth-order valence-corrected chi connectivity index (χ4v) is 3.04. The largest absolute Gasteiger partial charge is 0.477 e. The summed E-state index contributed by atoms with van der Waals surface area (Å²) in [5, 5.41) is 69.7. The molecule has 0 spiro atoms. The molecule has 0 aliphatic carbocycles. The van der Waals surface area contributed by atoms with E-state index in [-0.39, 0.29) is 11.3 Å². The number of aliphatic hydroxyl groups is 5. The molecule has 12 nitrogen and oxygen atoms in total. The number of aliphatic hydroxyl groups excluding tert-OH is 4. The molecule has 1 aromatic carbocycles. The number of carboxylic acid groups (broad SMARTS) is 1. The maximum absolute atomic E-state index is 11.7. The lowest BCUT2D eigenvalue weighted by atomic mass is 9.77. The van der Waals surface area contributed by atoms with Crippen LogP contribution in [0.4, 0.5) is 5.69 Å². The first-order valence-corrected chi connectivity index (χ1v) is 7.83. The molecule has 7 atom stereocenters. The summed E-state index contributed by atoms with van der Waals surface area (Å²) in [4.78, 5) is 21.7. The van der Waals surface area contributed by atoms with Crippen molar-refractivity contribution in [2.24, 2.45) is 5.73 Å². The third-order valence-electron chi connectivity index (χ3n) is 4.54. The first-order valence-electron chi connectivity index (χ1n) is 7.83. The first kappa shape index (κ1) is 21.1. The number of nitrogens with zero attached hydrogens (tertiary/aromatic N) is 1. The number of benzene rings is 1. The second kappa shape index (κ2) is 7.82. The lowest BCUT2D eigenvalue weighted by Crippen LogP contribution is -2.69. The molecule has 0 aromatic heterocycles. The van der Waals surface area contributed by atoms with Crippen molar-refractivity contribution in [3.63, 3.8) is 0 Å². The van der Waals surface area contributed by atoms with Gasteiger partial charge < -0.3 is 41.1 Å². The number of hydrogen-bond donors (Lipinski definition) is 7. The number of non-ortho nitro benzene ring substituents is 1. The lowest BCUT2D eigenvalue weighted by Gasteiger charge is -2.48. The highest BCUT2D eigenvalue weighted by atomic mass is 16.7. The van der Waals surface area contributed by atoms with E-state index in [0.717, 1.165) is 24.3 Å². The van der Waals surface area contributed by atoms with Crippen LogP contribution in [0.25, 0.3) is 0 Å². The number of nitrogens with two attached hydrogens (primary N) is 1. The zero-order chi connectivity index (χ0) is 20.5. The van der Waals surface area contributed by atoms with Gasteiger partial charge in [0.2, 0.25) is 0 Å². The van der Waals surface area contributed by atoms with E-state index < -0.39 is 59.7 Å². The van der Waals surface area contributed by atoms with Gasteiger partial charge in [-0.05, 0) is 5.56 Å². The van der Waals surface area contributed by atoms with Crippen molar-refractivity contribution in [3.05, 3.63) is 39.9 Å². The SMILES string of the molecule is N[C@H]1[C@H]([C@H](O)[C@H](O)CO)OC(O)(C(=O)O)C(c2ccc([N+](=O)[O-])cc2)[C@@H]1O. The topological polar surface area (TPSA) is 217 Å². The van der Waals surface area contributed by atoms with Gasteiger partial charge in [-0.25, -0.2) is 4.79 Å². The van der Waals surface area contributed by atoms with E-state index in [1.165, 1.54) is 0 Å². The van der Waals surface area contributed by atoms with E-state index in [1.807, 2.05) is 0 Å². The van der Waals surface area contributed by atoms with Gasteiger partial charge in [0.05, 0.1) is 29.6 Å². The quantitative estimate of drug-likeness (QED) is 0.196. The van der Waals surface area contributed by atoms with Crippen molar-refractivity contribution >= 4 is 11.7 Å². The van der Waals surface area contributed by atoms with Gasteiger partial charge in [0.1, 0.15) is 18.3 Å². The van der Waals surface area contributed by atoms with Gasteiger partial charge in [-0.1, -0.05) is 12.1 Å². The number of ether oxygens (including phenoxy) is 1. The van der Waals surface area contributed by atoms with Crippen molar-refractivity contribution in [2.75, 3.05) is 6.61 Å². The number of carboxylic acids is 1. The predicted molar refractivity (Wildman–Crippen MR) is 86.4 cm³/mol. The number of rotatable bonds is 6. The third-order valence-corrected chi connectivity index (χ3v) is 4.54. The number of aliphatic carboxylic acids is 1. The summed E-state index contributed by atoms with van der Waals surface area (Å²) in [6.07, 6.45) is -7.16. The molecule has 0 saturated carbocycles. The van der Waals surface area contributed by atoms with E-state index in [9.17, 15) is 40.4 Å². The van der Waals surface area contributed by atoms with Crippen LogP contribution in [0.1, 0.15) is 11.5 Å². The molecule has 1 fully saturated rings. The smallest absolute Gasteiger partial charge is 0.365 e. The fraction of sp³-hybridized carbons (Fsp3) is 0.533. The Kier molecular flexibility index (Phi) is 6.11. The summed E-state index contributed by atoms with van der Waals surface area (Å²) in [6.45, 7) is -0.902. The van der Waals surface area contributed by atoms with Gasteiger partial charge in [0.15, 0.2) is 0 Å². The van der Waals surface area contributed by atoms with Crippen LogP contribution >= 0.6 is 0 Å². The minimum Gasteiger partial charge on any atom is -0.477 e. The minimum atomic E-state index is -3.06. The maximum atomic E-state index is 11.7. The summed E-state index contributed by atoms with van der Waals surface area (Å²) in [6, 6.07) is 2.91. The molecule has 0 radical (unpaired) electrons. The van der Waals surface area contributed by atoms with Crippen LogP contribution < -0.4 is 5.73 Å². The van der Waals surface area contributed by atoms with E-state index in [1.54, 1.807) is 0 Å². The summed E-state index contributed by atoms with van der Waals surface area (Å²) in [7, 11) is 0. The Hall–Kier alpha value is -2.19. The van der Waals surface area contributed by atoms with Gasteiger partial charge in [0, 0.05) is 12.1 Å². The molecule has 1 aliphatic rings. The highest BCUT2D eigenvalue weighted by Crippen LogP contribution is 2.41. The van der Waals surface area contributed by atoms with Crippen molar-refractivity contribution in [1.29, 1.82) is 0 Å². The van der Waals surface area contributed by atoms with Crippen LogP contribution in [0.5, 0.6) is 0 Å². The summed E-state index contributed by atoms with van der Waals surface area (Å²) >= 11 is 0. The zero-order valence-corrected chi connectivity index (χ0v) is 13.8. The summed E-state index contributed by atoms with van der Waals surface area (Å²) in [5.74, 6) is -6.63. The molecule has 12 heteroatoms. The Labute approximate surface area is 152 Å². The van der Waals surface area contributed by atoms with Crippen LogP contribution in [0.2, 0.25) is 0 Å². The van der Waals surface area contributed by atoms with Gasteiger partial charge in [-0.15, -0.1) is 0 Å². The van der Waals surface area contributed by atoms with E-state index in [2.05, 4.69) is 0 Å². The van der Waals surface area contributed by atoms with E-state index in [0.29, 0.717) is 0 Å². The van der Waals surface area contributed by atoms with Gasteiger partial charge >= 0.3 is 5.97 Å². The van der Waals surface area contributed by atoms with E-state index >= 15 is 0 Å². The molecule has 0 amide bonds.